The van der Waals surface area contributed by atoms with E-state index in [1.807, 2.05) is 0 Å². The van der Waals surface area contributed by atoms with E-state index in [-0.39, 0.29) is 23.3 Å². The van der Waals surface area contributed by atoms with Crippen molar-refractivity contribution in [1.29, 1.82) is 0 Å². The minimum Gasteiger partial charge on any atom is -0.492 e. The van der Waals surface area contributed by atoms with Gasteiger partial charge in [-0.25, -0.2) is 0 Å². The van der Waals surface area contributed by atoms with Gasteiger partial charge in [-0.05, 0) is 19.4 Å². The zero-order valence-corrected chi connectivity index (χ0v) is 9.55. The van der Waals surface area contributed by atoms with Crippen LogP contribution in [0, 0.1) is 0 Å². The minimum absolute atomic E-state index is 0.0184. The number of aromatic hydroxyl groups is 2. The van der Waals surface area contributed by atoms with Crippen LogP contribution >= 0.6 is 0 Å². The third-order valence-corrected chi connectivity index (χ3v) is 2.73. The van der Waals surface area contributed by atoms with Gasteiger partial charge < -0.3 is 24.5 Å². The van der Waals surface area contributed by atoms with Gasteiger partial charge in [-0.1, -0.05) is 0 Å². The van der Waals surface area contributed by atoms with Crippen LogP contribution in [0.1, 0.15) is 12.8 Å². The molecule has 2 rings (SSSR count). The second-order valence-corrected chi connectivity index (χ2v) is 3.98. The Morgan fingerprint density at radius 3 is 2.47 bits per heavy atom. The lowest BCUT2D eigenvalue weighted by Crippen LogP contribution is -2.22. The Morgan fingerprint density at radius 1 is 1.41 bits per heavy atom. The van der Waals surface area contributed by atoms with E-state index < -0.39 is 0 Å². The Balaban J connectivity index is 1.85. The maximum absolute atomic E-state index is 9.32. The van der Waals surface area contributed by atoms with Crippen LogP contribution in [-0.4, -0.2) is 34.3 Å². The lowest BCUT2D eigenvalue weighted by atomic mass is 10.4. The third kappa shape index (κ3) is 2.47. The standard InChI is InChI=1S/C11H15NO5/c1-8(16-7-11(15-2)5-6-11)17-12-9(13)3-4-10(12)14/h3-4,13-14H,1,5-7H2,2H3. The smallest absolute Gasteiger partial charge is 0.300 e. The molecular weight excluding hydrogens is 226 g/mol. The lowest BCUT2D eigenvalue weighted by molar-refractivity contribution is -0.0410. The maximum atomic E-state index is 9.32. The number of rotatable bonds is 6. The zero-order chi connectivity index (χ0) is 12.5. The molecule has 1 fully saturated rings. The van der Waals surface area contributed by atoms with E-state index >= 15 is 0 Å². The fourth-order valence-electron chi connectivity index (χ4n) is 1.38. The van der Waals surface area contributed by atoms with Gasteiger partial charge in [0.2, 0.25) is 11.8 Å². The Hall–Kier alpha value is -1.82. The van der Waals surface area contributed by atoms with Gasteiger partial charge in [0.1, 0.15) is 12.2 Å². The monoisotopic (exact) mass is 241 g/mol. The van der Waals surface area contributed by atoms with Crippen molar-refractivity contribution in [3.05, 3.63) is 24.7 Å². The van der Waals surface area contributed by atoms with Crippen molar-refractivity contribution < 1.29 is 24.5 Å². The molecule has 1 aliphatic rings. The first kappa shape index (κ1) is 11.7. The average molecular weight is 241 g/mol. The van der Waals surface area contributed by atoms with Crippen LogP contribution in [0.3, 0.4) is 0 Å². The first-order valence-electron chi connectivity index (χ1n) is 5.21. The molecule has 17 heavy (non-hydrogen) atoms. The van der Waals surface area contributed by atoms with Crippen LogP contribution in [-0.2, 0) is 9.47 Å². The summed E-state index contributed by atoms with van der Waals surface area (Å²) >= 11 is 0. The SMILES string of the molecule is C=C(OCC1(OC)CC1)On1c(O)ccc1O. The minimum atomic E-state index is -0.236. The van der Waals surface area contributed by atoms with Gasteiger partial charge in [-0.15, -0.1) is 4.73 Å². The first-order chi connectivity index (χ1) is 8.06. The van der Waals surface area contributed by atoms with Crippen molar-refractivity contribution in [3.8, 4) is 11.8 Å². The molecule has 0 bridgehead atoms. The van der Waals surface area contributed by atoms with Gasteiger partial charge in [0, 0.05) is 19.2 Å². The van der Waals surface area contributed by atoms with Crippen molar-refractivity contribution in [1.82, 2.24) is 4.73 Å². The average Bonchev–Trinajstić information content (AvgIpc) is 3.04. The van der Waals surface area contributed by atoms with E-state index in [2.05, 4.69) is 6.58 Å². The second-order valence-electron chi connectivity index (χ2n) is 3.98. The molecule has 1 aromatic rings. The molecule has 6 nitrogen and oxygen atoms in total. The highest BCUT2D eigenvalue weighted by Crippen LogP contribution is 2.39. The number of hydrogen-bond donors (Lipinski definition) is 2. The molecule has 0 unspecified atom stereocenters. The fourth-order valence-corrected chi connectivity index (χ4v) is 1.38. The highest BCUT2D eigenvalue weighted by Gasteiger charge is 2.44. The number of nitrogens with zero attached hydrogens (tertiary/aromatic N) is 1. The molecule has 1 aromatic heterocycles. The Labute approximate surface area is 98.6 Å². The van der Waals surface area contributed by atoms with E-state index in [1.165, 1.54) is 12.1 Å². The summed E-state index contributed by atoms with van der Waals surface area (Å²) in [5, 5.41) is 18.6. The van der Waals surface area contributed by atoms with Crippen molar-refractivity contribution in [2.45, 2.75) is 18.4 Å². The van der Waals surface area contributed by atoms with Crippen molar-refractivity contribution in [2.24, 2.45) is 0 Å². The molecular formula is C11H15NO5. The van der Waals surface area contributed by atoms with Crippen LogP contribution in [0.25, 0.3) is 0 Å². The summed E-state index contributed by atoms with van der Waals surface area (Å²) in [6.45, 7) is 3.87. The second kappa shape index (κ2) is 4.21. The number of aromatic nitrogens is 1. The molecule has 0 radical (unpaired) electrons. The van der Waals surface area contributed by atoms with Crippen molar-refractivity contribution in [3.63, 3.8) is 0 Å². The van der Waals surface area contributed by atoms with Gasteiger partial charge in [-0.3, -0.25) is 0 Å². The van der Waals surface area contributed by atoms with Crippen molar-refractivity contribution in [2.75, 3.05) is 13.7 Å². The first-order valence-corrected chi connectivity index (χ1v) is 5.21. The Bertz CT molecular complexity index is 402. The molecule has 0 saturated heterocycles. The van der Waals surface area contributed by atoms with Crippen LogP contribution < -0.4 is 4.84 Å². The van der Waals surface area contributed by atoms with E-state index in [9.17, 15) is 10.2 Å². The number of ether oxygens (including phenoxy) is 2. The predicted octanol–water partition coefficient (Wildman–Crippen LogP) is 0.995. The van der Waals surface area contributed by atoms with E-state index in [0.29, 0.717) is 6.61 Å². The lowest BCUT2D eigenvalue weighted by Gasteiger charge is -2.16. The zero-order valence-electron chi connectivity index (χ0n) is 9.55. The molecule has 94 valence electrons. The highest BCUT2D eigenvalue weighted by atomic mass is 16.8. The van der Waals surface area contributed by atoms with Crippen LogP contribution in [0.4, 0.5) is 0 Å². The molecule has 0 aromatic carbocycles. The van der Waals surface area contributed by atoms with Gasteiger partial charge in [0.25, 0.3) is 5.95 Å². The van der Waals surface area contributed by atoms with Crippen LogP contribution in [0.5, 0.6) is 11.8 Å². The van der Waals surface area contributed by atoms with E-state index in [0.717, 1.165) is 17.6 Å². The van der Waals surface area contributed by atoms with Crippen LogP contribution in [0.15, 0.2) is 24.7 Å². The van der Waals surface area contributed by atoms with Gasteiger partial charge in [0.15, 0.2) is 0 Å². The number of hydrogen-bond acceptors (Lipinski definition) is 5. The quantitative estimate of drug-likeness (QED) is 0.727. The molecule has 0 spiro atoms. The molecule has 0 aliphatic heterocycles. The predicted molar refractivity (Wildman–Crippen MR) is 58.4 cm³/mol. The molecule has 0 atom stereocenters. The highest BCUT2D eigenvalue weighted by molar-refractivity contribution is 5.22. The molecule has 0 amide bonds. The molecule has 2 N–H and O–H groups in total. The van der Waals surface area contributed by atoms with Crippen LogP contribution in [0.2, 0.25) is 0 Å². The van der Waals surface area contributed by atoms with Gasteiger partial charge in [0.05, 0.1) is 0 Å². The topological polar surface area (TPSA) is 73.1 Å². The summed E-state index contributed by atoms with van der Waals surface area (Å²) < 4.78 is 11.3. The maximum Gasteiger partial charge on any atom is 0.300 e. The summed E-state index contributed by atoms with van der Waals surface area (Å²) in [5.74, 6) is -0.490. The fraction of sp³-hybridized carbons (Fsp3) is 0.455. The largest absolute Gasteiger partial charge is 0.492 e. The third-order valence-electron chi connectivity index (χ3n) is 2.73. The molecule has 6 heteroatoms. The summed E-state index contributed by atoms with van der Waals surface area (Å²) in [7, 11) is 1.63. The molecule has 1 saturated carbocycles. The Morgan fingerprint density at radius 2 is 2.00 bits per heavy atom. The van der Waals surface area contributed by atoms with E-state index in [1.54, 1.807) is 7.11 Å². The van der Waals surface area contributed by atoms with E-state index in [4.69, 9.17) is 14.3 Å². The summed E-state index contributed by atoms with van der Waals surface area (Å²) in [5.41, 5.74) is -0.229. The van der Waals surface area contributed by atoms with Crippen molar-refractivity contribution >= 4 is 0 Å². The number of methoxy groups -OCH3 is 1. The normalized spacial score (nSPS) is 16.5. The Kier molecular flexibility index (Phi) is 2.89. The van der Waals surface area contributed by atoms with Gasteiger partial charge in [-0.2, -0.15) is 0 Å². The summed E-state index contributed by atoms with van der Waals surface area (Å²) in [6, 6.07) is 2.58. The van der Waals surface area contributed by atoms with Gasteiger partial charge >= 0.3 is 0 Å². The molecule has 1 aliphatic carbocycles. The molecule has 1 heterocycles. The summed E-state index contributed by atoms with van der Waals surface area (Å²) in [4.78, 5) is 5.03. The summed E-state index contributed by atoms with van der Waals surface area (Å²) in [6.07, 6.45) is 1.88.